The van der Waals surface area contributed by atoms with E-state index in [1.54, 1.807) is 0 Å². The van der Waals surface area contributed by atoms with E-state index in [1.807, 2.05) is 68.7 Å². The van der Waals surface area contributed by atoms with Gasteiger partial charge in [0.1, 0.15) is 0 Å². The molecule has 1 unspecified atom stereocenters. The molecule has 6 nitrogen and oxygen atoms in total. The molecule has 0 saturated carbocycles. The molecule has 0 amide bonds. The van der Waals surface area contributed by atoms with Crippen LogP contribution in [0, 0.1) is 0 Å². The Balaban J connectivity index is 2.05. The number of carbonyl (C=O) groups excluding carboxylic acids is 1. The van der Waals surface area contributed by atoms with Crippen molar-refractivity contribution in [2.45, 2.75) is 57.5 Å². The number of carbonyl (C=O) groups is 1. The van der Waals surface area contributed by atoms with Gasteiger partial charge in [-0.1, -0.05) is 75.1 Å². The highest BCUT2D eigenvalue weighted by Crippen LogP contribution is 2.24. The van der Waals surface area contributed by atoms with Gasteiger partial charge in [0.15, 0.2) is 6.04 Å². The summed E-state index contributed by atoms with van der Waals surface area (Å²) in [6.07, 6.45) is 6.10. The van der Waals surface area contributed by atoms with E-state index in [0.29, 0.717) is 17.9 Å². The van der Waals surface area contributed by atoms with E-state index in [1.165, 1.54) is 26.4 Å². The maximum absolute atomic E-state index is 12.6. The maximum Gasteiger partial charge on any atom is 0.331 e. The fourth-order valence-electron chi connectivity index (χ4n) is 3.95. The smallest absolute Gasteiger partial charge is 0.331 e. The van der Waals surface area contributed by atoms with E-state index < -0.39 is 6.04 Å². The van der Waals surface area contributed by atoms with Crippen molar-refractivity contribution in [1.29, 1.82) is 0 Å². The molecule has 0 radical (unpaired) electrons. The zero-order valence-corrected chi connectivity index (χ0v) is 20.2. The average Bonchev–Trinajstić information content (AvgIpc) is 2.83. The molecule has 0 aliphatic carbocycles. The van der Waals surface area contributed by atoms with Crippen LogP contribution in [0.25, 0.3) is 10.9 Å². The van der Waals surface area contributed by atoms with Crippen molar-refractivity contribution in [1.82, 2.24) is 9.88 Å². The molecular weight excluding hydrogens is 414 g/mol. The first-order valence-electron chi connectivity index (χ1n) is 11.7. The molecule has 2 aromatic carbocycles. The monoisotopic (exact) mass is 449 g/mol. The van der Waals surface area contributed by atoms with Crippen molar-refractivity contribution in [2.24, 2.45) is 4.99 Å². The molecule has 1 aromatic heterocycles. The van der Waals surface area contributed by atoms with E-state index in [-0.39, 0.29) is 12.0 Å². The van der Waals surface area contributed by atoms with Crippen molar-refractivity contribution in [3.05, 3.63) is 71.6 Å². The number of rotatable bonds is 11. The third-order valence-corrected chi connectivity index (χ3v) is 5.82. The Morgan fingerprint density at radius 3 is 2.48 bits per heavy atom. The lowest BCUT2D eigenvalue weighted by Gasteiger charge is -2.22. The summed E-state index contributed by atoms with van der Waals surface area (Å²) in [4.78, 5) is 24.3. The van der Waals surface area contributed by atoms with E-state index in [4.69, 9.17) is 19.1 Å². The van der Waals surface area contributed by atoms with Crippen molar-refractivity contribution >= 4 is 16.9 Å². The van der Waals surface area contributed by atoms with Gasteiger partial charge in [0, 0.05) is 6.42 Å². The highest BCUT2D eigenvalue weighted by atomic mass is 16.5. The lowest BCUT2D eigenvalue weighted by Crippen LogP contribution is -2.27. The molecule has 0 aliphatic rings. The van der Waals surface area contributed by atoms with E-state index in [0.717, 1.165) is 29.3 Å². The van der Waals surface area contributed by atoms with Crippen LogP contribution in [0.3, 0.4) is 0 Å². The molecule has 3 rings (SSSR count). The van der Waals surface area contributed by atoms with Crippen LogP contribution in [0.2, 0.25) is 0 Å². The Kier molecular flexibility index (Phi) is 9.19. The molecule has 3 aromatic rings. The third kappa shape index (κ3) is 6.75. The summed E-state index contributed by atoms with van der Waals surface area (Å²) in [6.45, 7) is 2.21. The molecule has 33 heavy (non-hydrogen) atoms. The molecule has 176 valence electrons. The molecule has 0 spiro atoms. The fourth-order valence-corrected chi connectivity index (χ4v) is 3.95. The second kappa shape index (κ2) is 12.3. The van der Waals surface area contributed by atoms with Crippen LogP contribution in [0.5, 0.6) is 0 Å². The average molecular weight is 450 g/mol. The second-order valence-corrected chi connectivity index (χ2v) is 8.56. The number of unbranched alkanes of at least 4 members (excludes halogenated alkanes) is 3. The number of esters is 1. The molecule has 0 fully saturated rings. The van der Waals surface area contributed by atoms with Gasteiger partial charge in [-0.05, 0) is 38.2 Å². The third-order valence-electron chi connectivity index (χ3n) is 5.82. The standard InChI is InChI=1S/C27H35N3O3/c1-5-6-7-11-18-24(30(2)3)26-28-22-17-13-12-16-21(22)25(33-26)29-23(27(31)32-4)19-20-14-9-8-10-15-20/h8-10,12-17,23-24H,5-7,11,18-19H2,1-4H3/t23-,24?/m0/s1. The van der Waals surface area contributed by atoms with Crippen LogP contribution in [0.1, 0.15) is 56.5 Å². The minimum Gasteiger partial charge on any atom is -0.467 e. The van der Waals surface area contributed by atoms with Gasteiger partial charge in [0.05, 0.1) is 24.1 Å². The van der Waals surface area contributed by atoms with Gasteiger partial charge < -0.3 is 9.15 Å². The Bertz CT molecular complexity index is 1090. The molecule has 2 atom stereocenters. The number of aromatic nitrogens is 1. The van der Waals surface area contributed by atoms with Crippen LogP contribution < -0.4 is 5.55 Å². The van der Waals surface area contributed by atoms with Crippen LogP contribution in [0.15, 0.2) is 64.0 Å². The lowest BCUT2D eigenvalue weighted by molar-refractivity contribution is -0.142. The summed E-state index contributed by atoms with van der Waals surface area (Å²) in [7, 11) is 5.47. The first-order chi connectivity index (χ1) is 16.0. The number of fused-ring (bicyclic) bond motifs is 1. The number of ether oxygens (including phenoxy) is 1. The maximum atomic E-state index is 12.6. The van der Waals surface area contributed by atoms with Gasteiger partial charge in [-0.2, -0.15) is 0 Å². The zero-order valence-electron chi connectivity index (χ0n) is 20.2. The fraction of sp³-hybridized carbons (Fsp3) is 0.444. The molecular formula is C27H35N3O3. The zero-order chi connectivity index (χ0) is 23.6. The lowest BCUT2D eigenvalue weighted by atomic mass is 10.1. The van der Waals surface area contributed by atoms with Crippen LogP contribution in [-0.2, 0) is 16.0 Å². The predicted molar refractivity (Wildman–Crippen MR) is 131 cm³/mol. The van der Waals surface area contributed by atoms with Crippen molar-refractivity contribution in [2.75, 3.05) is 21.2 Å². The van der Waals surface area contributed by atoms with E-state index in [2.05, 4.69) is 11.8 Å². The van der Waals surface area contributed by atoms with Crippen molar-refractivity contribution < 1.29 is 13.9 Å². The van der Waals surface area contributed by atoms with Gasteiger partial charge in [-0.3, -0.25) is 4.90 Å². The van der Waals surface area contributed by atoms with Crippen LogP contribution in [0.4, 0.5) is 0 Å². The largest absolute Gasteiger partial charge is 0.467 e. The Morgan fingerprint density at radius 2 is 1.79 bits per heavy atom. The summed E-state index contributed by atoms with van der Waals surface area (Å²) >= 11 is 0. The van der Waals surface area contributed by atoms with Crippen LogP contribution >= 0.6 is 0 Å². The van der Waals surface area contributed by atoms with Crippen molar-refractivity contribution in [3.63, 3.8) is 0 Å². The van der Waals surface area contributed by atoms with Crippen molar-refractivity contribution in [3.8, 4) is 0 Å². The quantitative estimate of drug-likeness (QED) is 0.301. The predicted octanol–water partition coefficient (Wildman–Crippen LogP) is 5.09. The summed E-state index contributed by atoms with van der Waals surface area (Å²) in [5, 5.41) is 0.784. The topological polar surface area (TPSA) is 67.9 Å². The van der Waals surface area contributed by atoms with E-state index in [9.17, 15) is 4.79 Å². The molecule has 0 N–H and O–H groups in total. The highest BCUT2D eigenvalue weighted by Gasteiger charge is 2.22. The number of methoxy groups -OCH3 is 1. The summed E-state index contributed by atoms with van der Waals surface area (Å²) in [5.41, 5.74) is 2.24. The van der Waals surface area contributed by atoms with Gasteiger partial charge >= 0.3 is 5.97 Å². The highest BCUT2D eigenvalue weighted by molar-refractivity contribution is 5.78. The molecule has 6 heteroatoms. The van der Waals surface area contributed by atoms with Crippen LogP contribution in [-0.4, -0.2) is 43.1 Å². The number of hydrogen-bond acceptors (Lipinski definition) is 6. The van der Waals surface area contributed by atoms with E-state index >= 15 is 0 Å². The Hall–Kier alpha value is -2.99. The molecule has 0 saturated heterocycles. The number of benzene rings is 2. The first kappa shape index (κ1) is 24.6. The number of hydrogen-bond donors (Lipinski definition) is 0. The van der Waals surface area contributed by atoms with Gasteiger partial charge in [-0.25, -0.2) is 14.8 Å². The molecule has 1 heterocycles. The first-order valence-corrected chi connectivity index (χ1v) is 11.7. The minimum atomic E-state index is -0.706. The van der Waals surface area contributed by atoms with Gasteiger partial charge in [0.2, 0.25) is 11.4 Å². The summed E-state index contributed by atoms with van der Waals surface area (Å²) < 4.78 is 11.4. The second-order valence-electron chi connectivity index (χ2n) is 8.56. The molecule has 0 aliphatic heterocycles. The summed E-state index contributed by atoms with van der Waals surface area (Å²) in [5.74, 6) is 0.234. The Labute approximate surface area is 196 Å². The number of para-hydroxylation sites is 1. The normalized spacial score (nSPS) is 13.9. The SMILES string of the molecule is CCCCCCC(c1nc2ccccc2c(=N[C@@H](Cc2ccccc2)C(=O)OC)o1)N(C)C. The Morgan fingerprint density at radius 1 is 1.06 bits per heavy atom. The number of nitrogens with zero attached hydrogens (tertiary/aromatic N) is 3. The summed E-state index contributed by atoms with van der Waals surface area (Å²) in [6, 6.07) is 16.9. The minimum absolute atomic E-state index is 0.0334. The molecule has 0 bridgehead atoms. The van der Waals surface area contributed by atoms with Gasteiger partial charge in [0.25, 0.3) is 0 Å². The van der Waals surface area contributed by atoms with Gasteiger partial charge in [-0.15, -0.1) is 0 Å².